The molecule has 0 aliphatic rings. The number of methoxy groups -OCH3 is 1. The predicted molar refractivity (Wildman–Crippen MR) is 85.7 cm³/mol. The smallest absolute Gasteiger partial charge is 0.276 e. The zero-order valence-electron chi connectivity index (χ0n) is 12.4. The molecule has 0 aliphatic heterocycles. The summed E-state index contributed by atoms with van der Waals surface area (Å²) in [5.74, 6) is 0.146. The number of nitrogens with zero attached hydrogens (tertiary/aromatic N) is 2. The van der Waals surface area contributed by atoms with E-state index in [1.165, 1.54) is 43.7 Å². The van der Waals surface area contributed by atoms with Gasteiger partial charge in [-0.05, 0) is 29.8 Å². The fraction of sp³-hybridized carbons (Fsp3) is 0.0714. The van der Waals surface area contributed by atoms with E-state index in [1.54, 1.807) is 6.07 Å². The minimum atomic E-state index is -4.05. The zero-order chi connectivity index (χ0) is 17.7. The van der Waals surface area contributed by atoms with Gasteiger partial charge < -0.3 is 9.84 Å². The van der Waals surface area contributed by atoms with E-state index >= 15 is 0 Å². The third kappa shape index (κ3) is 3.98. The van der Waals surface area contributed by atoms with Gasteiger partial charge in [0, 0.05) is 12.1 Å². The van der Waals surface area contributed by atoms with Crippen LogP contribution in [-0.2, 0) is 10.0 Å². The van der Waals surface area contributed by atoms with Crippen LogP contribution in [0, 0.1) is 10.1 Å². The van der Waals surface area contributed by atoms with Crippen LogP contribution in [0.4, 0.5) is 5.69 Å². The molecule has 0 amide bonds. The van der Waals surface area contributed by atoms with E-state index in [4.69, 9.17) is 4.74 Å². The highest BCUT2D eigenvalue weighted by Gasteiger charge is 2.16. The van der Waals surface area contributed by atoms with Crippen molar-refractivity contribution in [1.29, 1.82) is 0 Å². The Morgan fingerprint density at radius 1 is 1.29 bits per heavy atom. The maximum atomic E-state index is 12.0. The number of benzene rings is 2. The molecule has 2 aromatic carbocycles. The number of aromatic hydroxyl groups is 1. The first-order valence-corrected chi connectivity index (χ1v) is 7.98. The molecule has 9 nitrogen and oxygen atoms in total. The van der Waals surface area contributed by atoms with Crippen molar-refractivity contribution in [1.82, 2.24) is 4.83 Å². The van der Waals surface area contributed by atoms with E-state index in [0.29, 0.717) is 5.56 Å². The lowest BCUT2D eigenvalue weighted by Gasteiger charge is -2.04. The van der Waals surface area contributed by atoms with Crippen LogP contribution in [0.5, 0.6) is 11.5 Å². The Morgan fingerprint density at radius 2 is 2.04 bits per heavy atom. The van der Waals surface area contributed by atoms with E-state index < -0.39 is 14.9 Å². The number of non-ortho nitro benzene ring substituents is 1. The number of nitro groups is 1. The van der Waals surface area contributed by atoms with Gasteiger partial charge in [-0.1, -0.05) is 6.07 Å². The highest BCUT2D eigenvalue weighted by Crippen LogP contribution is 2.25. The molecular formula is C14H13N3O6S. The minimum absolute atomic E-state index is 0.122. The number of nitro benzene ring substituents is 1. The lowest BCUT2D eigenvalue weighted by atomic mass is 10.2. The summed E-state index contributed by atoms with van der Waals surface area (Å²) in [5.41, 5.74) is 0.0805. The van der Waals surface area contributed by atoms with Gasteiger partial charge in [0.05, 0.1) is 23.1 Å². The van der Waals surface area contributed by atoms with Crippen molar-refractivity contribution in [2.45, 2.75) is 4.90 Å². The molecule has 2 N–H and O–H groups in total. The van der Waals surface area contributed by atoms with Crippen LogP contribution >= 0.6 is 0 Å². The molecule has 0 saturated carbocycles. The van der Waals surface area contributed by atoms with Crippen LogP contribution in [0.3, 0.4) is 0 Å². The summed E-state index contributed by atoms with van der Waals surface area (Å²) in [6, 6.07) is 8.97. The number of sulfonamides is 1. The maximum absolute atomic E-state index is 12.0. The van der Waals surface area contributed by atoms with E-state index in [2.05, 4.69) is 5.10 Å². The van der Waals surface area contributed by atoms with Gasteiger partial charge >= 0.3 is 0 Å². The molecule has 2 aromatic rings. The van der Waals surface area contributed by atoms with Gasteiger partial charge in [0.25, 0.3) is 15.7 Å². The van der Waals surface area contributed by atoms with Crippen LogP contribution in [0.25, 0.3) is 0 Å². The second-order valence-corrected chi connectivity index (χ2v) is 6.20. The molecule has 24 heavy (non-hydrogen) atoms. The van der Waals surface area contributed by atoms with Crippen LogP contribution in [0.2, 0.25) is 0 Å². The van der Waals surface area contributed by atoms with Crippen molar-refractivity contribution in [2.75, 3.05) is 7.11 Å². The summed E-state index contributed by atoms with van der Waals surface area (Å²) in [6.07, 6.45) is 1.17. The molecular weight excluding hydrogens is 338 g/mol. The number of phenolic OH excluding ortho intramolecular Hbond substituents is 1. The molecule has 10 heteroatoms. The average Bonchev–Trinajstić information content (AvgIpc) is 2.55. The number of nitrogens with one attached hydrogen (secondary N) is 1. The summed E-state index contributed by atoms with van der Waals surface area (Å²) in [6.45, 7) is 0. The number of hydrazone groups is 1. The summed E-state index contributed by atoms with van der Waals surface area (Å²) < 4.78 is 29.0. The molecule has 126 valence electrons. The molecule has 0 bridgehead atoms. The van der Waals surface area contributed by atoms with Crippen molar-refractivity contribution in [3.8, 4) is 11.5 Å². The topological polar surface area (TPSA) is 131 Å². The minimum Gasteiger partial charge on any atom is -0.504 e. The van der Waals surface area contributed by atoms with Gasteiger partial charge in [0.1, 0.15) is 0 Å². The summed E-state index contributed by atoms with van der Waals surface area (Å²) in [7, 11) is -2.65. The van der Waals surface area contributed by atoms with Crippen LogP contribution in [0.1, 0.15) is 5.56 Å². The number of hydrogen-bond donors (Lipinski definition) is 2. The molecule has 0 unspecified atom stereocenters. The second-order valence-electron chi connectivity index (χ2n) is 4.54. The third-order valence-electron chi connectivity index (χ3n) is 2.93. The predicted octanol–water partition coefficient (Wildman–Crippen LogP) is 1.62. The second kappa shape index (κ2) is 6.96. The highest BCUT2D eigenvalue weighted by molar-refractivity contribution is 7.89. The van der Waals surface area contributed by atoms with Gasteiger partial charge in [-0.3, -0.25) is 10.1 Å². The normalized spacial score (nSPS) is 11.4. The van der Waals surface area contributed by atoms with E-state index in [-0.39, 0.29) is 22.1 Å². The molecule has 0 fully saturated rings. The number of hydrogen-bond acceptors (Lipinski definition) is 7. The lowest BCUT2D eigenvalue weighted by Crippen LogP contribution is -2.18. The van der Waals surface area contributed by atoms with Gasteiger partial charge in [-0.2, -0.15) is 13.5 Å². The summed E-state index contributed by atoms with van der Waals surface area (Å²) in [5, 5.41) is 23.9. The standard InChI is InChI=1S/C14H13N3O6S/c1-23-14-6-5-10(7-13(14)18)9-15-16-24(21,22)12-4-2-3-11(8-12)17(19)20/h2-9,16,18H,1H3/b15-9+. The Bertz CT molecular complexity index is 895. The van der Waals surface area contributed by atoms with Crippen molar-refractivity contribution >= 4 is 21.9 Å². The molecule has 0 aliphatic carbocycles. The Hall–Kier alpha value is -3.14. The first-order valence-electron chi connectivity index (χ1n) is 6.50. The summed E-state index contributed by atoms with van der Waals surface area (Å²) >= 11 is 0. The summed E-state index contributed by atoms with van der Waals surface area (Å²) in [4.78, 5) is 11.7. The number of ether oxygens (including phenoxy) is 1. The van der Waals surface area contributed by atoms with Crippen LogP contribution < -0.4 is 9.57 Å². The van der Waals surface area contributed by atoms with Crippen molar-refractivity contribution in [3.63, 3.8) is 0 Å². The van der Waals surface area contributed by atoms with E-state index in [0.717, 1.165) is 6.07 Å². The van der Waals surface area contributed by atoms with Crippen molar-refractivity contribution in [2.24, 2.45) is 5.10 Å². The number of phenols is 1. The van der Waals surface area contributed by atoms with Gasteiger partial charge in [0.2, 0.25) is 0 Å². The van der Waals surface area contributed by atoms with Crippen molar-refractivity contribution in [3.05, 3.63) is 58.1 Å². The van der Waals surface area contributed by atoms with Gasteiger partial charge in [-0.15, -0.1) is 0 Å². The quantitative estimate of drug-likeness (QED) is 0.462. The Labute approximate surface area is 137 Å². The van der Waals surface area contributed by atoms with Crippen LogP contribution in [-0.4, -0.2) is 31.8 Å². The molecule has 0 aromatic heterocycles. The first-order chi connectivity index (χ1) is 11.3. The third-order valence-corrected chi connectivity index (χ3v) is 4.15. The van der Waals surface area contributed by atoms with E-state index in [1.807, 2.05) is 4.83 Å². The lowest BCUT2D eigenvalue weighted by molar-refractivity contribution is -0.385. The maximum Gasteiger partial charge on any atom is 0.276 e. The molecule has 0 atom stereocenters. The molecule has 0 heterocycles. The SMILES string of the molecule is COc1ccc(/C=N/NS(=O)(=O)c2cccc([N+](=O)[O-])c2)cc1O. The van der Waals surface area contributed by atoms with Crippen LogP contribution in [0.15, 0.2) is 52.5 Å². The Kier molecular flexibility index (Phi) is 4.99. The molecule has 2 rings (SSSR count). The zero-order valence-corrected chi connectivity index (χ0v) is 13.2. The first kappa shape index (κ1) is 17.2. The molecule has 0 radical (unpaired) electrons. The fourth-order valence-corrected chi connectivity index (χ4v) is 2.61. The largest absolute Gasteiger partial charge is 0.504 e. The van der Waals surface area contributed by atoms with Gasteiger partial charge in [0.15, 0.2) is 11.5 Å². The van der Waals surface area contributed by atoms with Crippen molar-refractivity contribution < 1.29 is 23.2 Å². The Morgan fingerprint density at radius 3 is 2.67 bits per heavy atom. The van der Waals surface area contributed by atoms with E-state index in [9.17, 15) is 23.6 Å². The van der Waals surface area contributed by atoms with Gasteiger partial charge in [-0.25, -0.2) is 4.83 Å². The Balaban J connectivity index is 2.16. The average molecular weight is 351 g/mol. The number of rotatable bonds is 6. The monoisotopic (exact) mass is 351 g/mol. The highest BCUT2D eigenvalue weighted by atomic mass is 32.2. The fourth-order valence-electron chi connectivity index (χ4n) is 1.77. The molecule has 0 saturated heterocycles. The molecule has 0 spiro atoms.